The number of carbonyl (C=O) groups is 2. The average Bonchev–Trinajstić information content (AvgIpc) is 2.58. The average molecular weight is 336 g/mol. The molecule has 0 spiro atoms. The summed E-state index contributed by atoms with van der Waals surface area (Å²) in [5.74, 6) is -0.227. The van der Waals surface area contributed by atoms with Gasteiger partial charge >= 0.3 is 0 Å². The van der Waals surface area contributed by atoms with Crippen molar-refractivity contribution < 1.29 is 14.3 Å². The van der Waals surface area contributed by atoms with E-state index in [4.69, 9.17) is 4.74 Å². The normalized spacial score (nSPS) is 16.4. The van der Waals surface area contributed by atoms with Gasteiger partial charge in [0.15, 0.2) is 0 Å². The Kier molecular flexibility index (Phi) is 5.56. The number of imide groups is 1. The molecule has 2 rings (SSSR count). The van der Waals surface area contributed by atoms with Gasteiger partial charge in [0.05, 0.1) is 0 Å². The SMILES string of the molecule is C=CCOc1ccc(/C=C2/C(=O)N(C(C)C)C(=O)C(C#N)=C2C)cc1. The fourth-order valence-corrected chi connectivity index (χ4v) is 2.55. The van der Waals surface area contributed by atoms with Crippen molar-refractivity contribution in [2.45, 2.75) is 26.8 Å². The highest BCUT2D eigenvalue weighted by atomic mass is 16.5. The van der Waals surface area contributed by atoms with Gasteiger partial charge in [-0.25, -0.2) is 0 Å². The number of nitriles is 1. The van der Waals surface area contributed by atoms with Gasteiger partial charge in [-0.3, -0.25) is 14.5 Å². The van der Waals surface area contributed by atoms with Crippen LogP contribution in [0.5, 0.6) is 5.75 Å². The summed E-state index contributed by atoms with van der Waals surface area (Å²) in [7, 11) is 0. The third-order valence-electron chi connectivity index (χ3n) is 3.85. The Morgan fingerprint density at radius 3 is 2.40 bits per heavy atom. The molecule has 1 aromatic rings. The van der Waals surface area contributed by atoms with E-state index in [-0.39, 0.29) is 17.5 Å². The van der Waals surface area contributed by atoms with Crippen molar-refractivity contribution in [1.82, 2.24) is 4.90 Å². The number of amides is 2. The third-order valence-corrected chi connectivity index (χ3v) is 3.85. The topological polar surface area (TPSA) is 70.4 Å². The highest BCUT2D eigenvalue weighted by molar-refractivity contribution is 6.19. The minimum Gasteiger partial charge on any atom is -0.490 e. The zero-order valence-corrected chi connectivity index (χ0v) is 14.6. The van der Waals surface area contributed by atoms with Gasteiger partial charge < -0.3 is 4.74 Å². The van der Waals surface area contributed by atoms with Crippen LogP contribution in [0, 0.1) is 11.3 Å². The molecule has 1 heterocycles. The number of benzene rings is 1. The van der Waals surface area contributed by atoms with E-state index in [1.54, 1.807) is 45.1 Å². The van der Waals surface area contributed by atoms with Crippen LogP contribution in [0.25, 0.3) is 6.08 Å². The van der Waals surface area contributed by atoms with Gasteiger partial charge in [-0.2, -0.15) is 5.26 Å². The van der Waals surface area contributed by atoms with Crippen molar-refractivity contribution in [1.29, 1.82) is 5.26 Å². The van der Waals surface area contributed by atoms with Gasteiger partial charge in [-0.1, -0.05) is 24.8 Å². The maximum absolute atomic E-state index is 12.7. The number of hydrogen-bond acceptors (Lipinski definition) is 4. The molecule has 0 radical (unpaired) electrons. The molecular formula is C20H20N2O3. The lowest BCUT2D eigenvalue weighted by Gasteiger charge is -2.30. The number of nitrogens with zero attached hydrogens (tertiary/aromatic N) is 2. The van der Waals surface area contributed by atoms with Crippen molar-refractivity contribution in [3.63, 3.8) is 0 Å². The van der Waals surface area contributed by atoms with Crippen LogP contribution >= 0.6 is 0 Å². The molecule has 0 unspecified atom stereocenters. The smallest absolute Gasteiger partial charge is 0.271 e. The molecule has 128 valence electrons. The Labute approximate surface area is 147 Å². The zero-order valence-electron chi connectivity index (χ0n) is 14.6. The van der Waals surface area contributed by atoms with E-state index in [1.807, 2.05) is 18.2 Å². The summed E-state index contributed by atoms with van der Waals surface area (Å²) in [6, 6.07) is 8.81. The van der Waals surface area contributed by atoms with E-state index < -0.39 is 5.91 Å². The minimum atomic E-state index is -0.537. The van der Waals surface area contributed by atoms with E-state index >= 15 is 0 Å². The fourth-order valence-electron chi connectivity index (χ4n) is 2.55. The standard InChI is InChI=1S/C20H20N2O3/c1-5-10-25-16-8-6-15(7-9-16)11-17-14(4)18(12-21)20(24)22(13(2)3)19(17)23/h5-9,11,13H,1,10H2,2-4H3/b17-11+. The molecule has 0 aliphatic carbocycles. The van der Waals surface area contributed by atoms with Gasteiger partial charge in [0, 0.05) is 11.6 Å². The van der Waals surface area contributed by atoms with Crippen LogP contribution < -0.4 is 4.74 Å². The molecule has 0 fully saturated rings. The summed E-state index contributed by atoms with van der Waals surface area (Å²) in [6.07, 6.45) is 3.35. The number of hydrogen-bond donors (Lipinski definition) is 0. The largest absolute Gasteiger partial charge is 0.490 e. The summed E-state index contributed by atoms with van der Waals surface area (Å²) in [5, 5.41) is 9.30. The quantitative estimate of drug-likeness (QED) is 0.470. The first-order valence-corrected chi connectivity index (χ1v) is 7.95. The van der Waals surface area contributed by atoms with E-state index in [1.165, 1.54) is 0 Å². The van der Waals surface area contributed by atoms with Crippen molar-refractivity contribution in [3.05, 3.63) is 59.2 Å². The van der Waals surface area contributed by atoms with Gasteiger partial charge in [-0.15, -0.1) is 0 Å². The molecule has 0 N–H and O–H groups in total. The molecule has 1 aromatic carbocycles. The Hall–Kier alpha value is -3.13. The molecular weight excluding hydrogens is 316 g/mol. The number of ether oxygens (including phenoxy) is 1. The van der Waals surface area contributed by atoms with E-state index in [2.05, 4.69) is 6.58 Å². The fraction of sp³-hybridized carbons (Fsp3) is 0.250. The molecule has 0 saturated heterocycles. The van der Waals surface area contributed by atoms with Crippen molar-refractivity contribution >= 4 is 17.9 Å². The molecule has 25 heavy (non-hydrogen) atoms. The van der Waals surface area contributed by atoms with Crippen molar-refractivity contribution in [3.8, 4) is 11.8 Å². The number of carbonyl (C=O) groups excluding carboxylic acids is 2. The summed E-state index contributed by atoms with van der Waals surface area (Å²) in [5.41, 5.74) is 1.54. The lowest BCUT2D eigenvalue weighted by Crippen LogP contribution is -2.46. The van der Waals surface area contributed by atoms with Crippen molar-refractivity contribution in [2.75, 3.05) is 6.61 Å². The maximum Gasteiger partial charge on any atom is 0.271 e. The molecule has 0 atom stereocenters. The van der Waals surface area contributed by atoms with Crippen LogP contribution in [0.15, 0.2) is 53.6 Å². The Morgan fingerprint density at radius 2 is 1.88 bits per heavy atom. The Balaban J connectivity index is 2.44. The first-order valence-electron chi connectivity index (χ1n) is 7.95. The van der Waals surface area contributed by atoms with Crippen molar-refractivity contribution in [2.24, 2.45) is 0 Å². The Bertz CT molecular complexity index is 808. The molecule has 0 bridgehead atoms. The molecule has 5 nitrogen and oxygen atoms in total. The van der Waals surface area contributed by atoms with Gasteiger partial charge in [0.25, 0.3) is 11.8 Å². The van der Waals surface area contributed by atoms with E-state index in [0.717, 1.165) is 10.5 Å². The van der Waals surface area contributed by atoms with Gasteiger partial charge in [0.2, 0.25) is 0 Å². The van der Waals surface area contributed by atoms with Crippen LogP contribution in [-0.4, -0.2) is 29.4 Å². The molecule has 2 amide bonds. The molecule has 5 heteroatoms. The van der Waals surface area contributed by atoms with Gasteiger partial charge in [0.1, 0.15) is 24.0 Å². The van der Waals surface area contributed by atoms with Crippen LogP contribution in [0.2, 0.25) is 0 Å². The third kappa shape index (κ3) is 3.69. The van der Waals surface area contributed by atoms with Crippen LogP contribution in [0.4, 0.5) is 0 Å². The monoisotopic (exact) mass is 336 g/mol. The first kappa shape index (κ1) is 18.2. The maximum atomic E-state index is 12.7. The van der Waals surface area contributed by atoms with E-state index in [0.29, 0.717) is 23.5 Å². The first-order chi connectivity index (χ1) is 11.9. The zero-order chi connectivity index (χ0) is 18.6. The summed E-state index contributed by atoms with van der Waals surface area (Å²) < 4.78 is 5.43. The summed E-state index contributed by atoms with van der Waals surface area (Å²) in [4.78, 5) is 26.2. The second kappa shape index (κ2) is 7.63. The minimum absolute atomic E-state index is 0.00508. The van der Waals surface area contributed by atoms with Crippen LogP contribution in [0.3, 0.4) is 0 Å². The predicted molar refractivity (Wildman–Crippen MR) is 95.4 cm³/mol. The summed E-state index contributed by atoms with van der Waals surface area (Å²) in [6.45, 7) is 9.12. The van der Waals surface area contributed by atoms with Crippen LogP contribution in [0.1, 0.15) is 26.3 Å². The predicted octanol–water partition coefficient (Wildman–Crippen LogP) is 3.25. The number of rotatable bonds is 5. The Morgan fingerprint density at radius 1 is 1.24 bits per heavy atom. The highest BCUT2D eigenvalue weighted by Gasteiger charge is 2.36. The molecule has 1 aliphatic rings. The lowest BCUT2D eigenvalue weighted by atomic mass is 9.93. The highest BCUT2D eigenvalue weighted by Crippen LogP contribution is 2.28. The molecule has 1 aliphatic heterocycles. The molecule has 0 aromatic heterocycles. The summed E-state index contributed by atoms with van der Waals surface area (Å²) >= 11 is 0. The second-order valence-corrected chi connectivity index (χ2v) is 5.91. The van der Waals surface area contributed by atoms with Crippen LogP contribution in [-0.2, 0) is 9.59 Å². The lowest BCUT2D eigenvalue weighted by molar-refractivity contribution is -0.142. The second-order valence-electron chi connectivity index (χ2n) is 5.91. The van der Waals surface area contributed by atoms with Gasteiger partial charge in [-0.05, 0) is 50.1 Å². The molecule has 0 saturated carbocycles. The van der Waals surface area contributed by atoms with E-state index in [9.17, 15) is 14.9 Å².